The Morgan fingerprint density at radius 3 is 2.75 bits per heavy atom. The minimum Gasteiger partial charge on any atom is -0.312 e. The van der Waals surface area contributed by atoms with Gasteiger partial charge in [0, 0.05) is 17.3 Å². The molecule has 0 aliphatic carbocycles. The molecule has 2 rings (SSSR count). The molecular formula is C14H24N2O2S2. The average Bonchev–Trinajstić information content (AvgIpc) is 2.89. The van der Waals surface area contributed by atoms with Gasteiger partial charge in [0.15, 0.2) is 9.84 Å². The molecule has 2 heterocycles. The molecule has 4 nitrogen and oxygen atoms in total. The highest BCUT2D eigenvalue weighted by Crippen LogP contribution is 2.33. The molecule has 0 radical (unpaired) electrons. The van der Waals surface area contributed by atoms with Crippen LogP contribution in [0.15, 0.2) is 0 Å². The summed E-state index contributed by atoms with van der Waals surface area (Å²) in [7, 11) is -2.84. The van der Waals surface area contributed by atoms with Gasteiger partial charge >= 0.3 is 0 Å². The number of rotatable bonds is 6. The number of hydrogen-bond acceptors (Lipinski definition) is 5. The summed E-state index contributed by atoms with van der Waals surface area (Å²) < 4.78 is 23.2. The molecule has 1 saturated heterocycles. The smallest absolute Gasteiger partial charge is 0.151 e. The predicted molar refractivity (Wildman–Crippen MR) is 84.0 cm³/mol. The van der Waals surface area contributed by atoms with Crippen molar-refractivity contribution >= 4 is 21.2 Å². The van der Waals surface area contributed by atoms with Crippen molar-refractivity contribution in [2.75, 3.05) is 18.1 Å². The van der Waals surface area contributed by atoms with Gasteiger partial charge in [0.05, 0.1) is 22.2 Å². The normalized spacial score (nSPS) is 21.7. The molecule has 114 valence electrons. The molecule has 0 spiro atoms. The van der Waals surface area contributed by atoms with Gasteiger partial charge in [-0.2, -0.15) is 0 Å². The van der Waals surface area contributed by atoms with Crippen molar-refractivity contribution in [1.29, 1.82) is 0 Å². The molecule has 1 aromatic heterocycles. The fourth-order valence-electron chi connectivity index (χ4n) is 2.49. The number of aromatic nitrogens is 1. The van der Waals surface area contributed by atoms with Crippen molar-refractivity contribution in [1.82, 2.24) is 10.3 Å². The molecule has 0 aromatic carbocycles. The lowest BCUT2D eigenvalue weighted by molar-refractivity contribution is 0.601. The average molecular weight is 316 g/mol. The summed E-state index contributed by atoms with van der Waals surface area (Å²) in [5.41, 5.74) is 1.16. The number of hydrogen-bond donors (Lipinski definition) is 1. The molecule has 1 fully saturated rings. The van der Waals surface area contributed by atoms with Crippen LogP contribution in [-0.2, 0) is 22.8 Å². The second kappa shape index (κ2) is 6.54. The van der Waals surface area contributed by atoms with Gasteiger partial charge in [0.1, 0.15) is 0 Å². The maximum atomic E-state index is 11.6. The zero-order valence-corrected chi connectivity index (χ0v) is 14.1. The van der Waals surface area contributed by atoms with Gasteiger partial charge in [-0.1, -0.05) is 20.8 Å². The first-order chi connectivity index (χ1) is 9.41. The van der Waals surface area contributed by atoms with Crippen LogP contribution in [-0.4, -0.2) is 31.5 Å². The quantitative estimate of drug-likeness (QED) is 0.875. The summed E-state index contributed by atoms with van der Waals surface area (Å²) in [6.45, 7) is 8.25. The van der Waals surface area contributed by atoms with Gasteiger partial charge in [-0.25, -0.2) is 13.4 Å². The molecule has 20 heavy (non-hydrogen) atoms. The third-order valence-corrected chi connectivity index (χ3v) is 6.54. The van der Waals surface area contributed by atoms with Crippen LogP contribution in [0.4, 0.5) is 0 Å². The fraction of sp³-hybridized carbons (Fsp3) is 0.786. The summed E-state index contributed by atoms with van der Waals surface area (Å²) in [5, 5.41) is 4.37. The molecule has 1 aliphatic heterocycles. The van der Waals surface area contributed by atoms with E-state index in [0.717, 1.165) is 36.6 Å². The topological polar surface area (TPSA) is 59.1 Å². The molecule has 6 heteroatoms. The first-order valence-electron chi connectivity index (χ1n) is 7.31. The van der Waals surface area contributed by atoms with E-state index < -0.39 is 9.84 Å². The van der Waals surface area contributed by atoms with Crippen molar-refractivity contribution in [2.24, 2.45) is 5.92 Å². The monoisotopic (exact) mass is 316 g/mol. The Balaban J connectivity index is 2.19. The predicted octanol–water partition coefficient (Wildman–Crippen LogP) is 2.35. The third kappa shape index (κ3) is 4.02. The highest BCUT2D eigenvalue weighted by molar-refractivity contribution is 7.91. The van der Waals surface area contributed by atoms with E-state index in [4.69, 9.17) is 4.98 Å². The van der Waals surface area contributed by atoms with E-state index >= 15 is 0 Å². The van der Waals surface area contributed by atoms with Gasteiger partial charge in [-0.05, 0) is 25.3 Å². The zero-order valence-electron chi connectivity index (χ0n) is 12.5. The van der Waals surface area contributed by atoms with E-state index in [1.54, 1.807) is 11.3 Å². The van der Waals surface area contributed by atoms with Crippen molar-refractivity contribution in [3.05, 3.63) is 15.6 Å². The summed E-state index contributed by atoms with van der Waals surface area (Å²) in [5.74, 6) is 1.28. The van der Waals surface area contributed by atoms with Crippen LogP contribution in [0.2, 0.25) is 0 Å². The molecule has 1 aliphatic rings. The lowest BCUT2D eigenvalue weighted by Crippen LogP contribution is -2.12. The SMILES string of the molecule is CCNCc1sc(C2CCS(=O)(=O)C2)nc1CC(C)C. The third-order valence-electron chi connectivity index (χ3n) is 3.51. The Hall–Kier alpha value is -0.460. The Morgan fingerprint density at radius 1 is 1.45 bits per heavy atom. The number of sulfone groups is 1. The van der Waals surface area contributed by atoms with Gasteiger partial charge in [0.25, 0.3) is 0 Å². The Labute approximate surface area is 125 Å². The highest BCUT2D eigenvalue weighted by atomic mass is 32.2. The summed E-state index contributed by atoms with van der Waals surface area (Å²) in [6.07, 6.45) is 1.70. The lowest BCUT2D eigenvalue weighted by atomic mass is 10.1. The summed E-state index contributed by atoms with van der Waals surface area (Å²) in [6, 6.07) is 0. The van der Waals surface area contributed by atoms with Crippen LogP contribution in [0.1, 0.15) is 48.7 Å². The van der Waals surface area contributed by atoms with Gasteiger partial charge < -0.3 is 5.32 Å². The molecule has 1 unspecified atom stereocenters. The van der Waals surface area contributed by atoms with Crippen molar-refractivity contribution in [2.45, 2.75) is 46.1 Å². The molecule has 1 aromatic rings. The van der Waals surface area contributed by atoms with Crippen molar-refractivity contribution in [3.8, 4) is 0 Å². The second-order valence-corrected chi connectivity index (χ2v) is 9.24. The highest BCUT2D eigenvalue weighted by Gasteiger charge is 2.31. The van der Waals surface area contributed by atoms with Crippen molar-refractivity contribution in [3.63, 3.8) is 0 Å². The number of nitrogens with zero attached hydrogens (tertiary/aromatic N) is 1. The van der Waals surface area contributed by atoms with E-state index in [1.807, 2.05) is 0 Å². The number of nitrogens with one attached hydrogen (secondary N) is 1. The van der Waals surface area contributed by atoms with Crippen LogP contribution in [0.25, 0.3) is 0 Å². The zero-order chi connectivity index (χ0) is 14.8. The molecule has 0 amide bonds. The molecule has 1 N–H and O–H groups in total. The maximum absolute atomic E-state index is 11.6. The molecule has 0 bridgehead atoms. The second-order valence-electron chi connectivity index (χ2n) is 5.90. The van der Waals surface area contributed by atoms with Gasteiger partial charge in [-0.3, -0.25) is 0 Å². The summed E-state index contributed by atoms with van der Waals surface area (Å²) in [4.78, 5) is 6.04. The van der Waals surface area contributed by atoms with E-state index in [9.17, 15) is 8.42 Å². The largest absolute Gasteiger partial charge is 0.312 e. The fourth-order valence-corrected chi connectivity index (χ4v) is 5.54. The van der Waals surface area contributed by atoms with E-state index in [2.05, 4.69) is 26.1 Å². The van der Waals surface area contributed by atoms with E-state index in [-0.39, 0.29) is 11.7 Å². The minimum atomic E-state index is -2.84. The van der Waals surface area contributed by atoms with E-state index in [0.29, 0.717) is 11.7 Å². The summed E-state index contributed by atoms with van der Waals surface area (Å²) >= 11 is 1.70. The van der Waals surface area contributed by atoms with Crippen LogP contribution in [0.5, 0.6) is 0 Å². The Bertz CT molecular complexity index is 550. The molecular weight excluding hydrogens is 292 g/mol. The minimum absolute atomic E-state index is 0.117. The van der Waals surface area contributed by atoms with Gasteiger partial charge in [0.2, 0.25) is 0 Å². The van der Waals surface area contributed by atoms with Crippen LogP contribution in [0.3, 0.4) is 0 Å². The maximum Gasteiger partial charge on any atom is 0.151 e. The lowest BCUT2D eigenvalue weighted by Gasteiger charge is -2.05. The van der Waals surface area contributed by atoms with E-state index in [1.165, 1.54) is 4.88 Å². The first-order valence-corrected chi connectivity index (χ1v) is 9.94. The molecule has 1 atom stereocenters. The standard InChI is InChI=1S/C14H24N2O2S2/c1-4-15-8-13-12(7-10(2)3)16-14(19-13)11-5-6-20(17,18)9-11/h10-11,15H,4-9H2,1-3H3. The number of thiazole rings is 1. The van der Waals surface area contributed by atoms with Crippen LogP contribution < -0.4 is 5.32 Å². The first kappa shape index (κ1) is 15.9. The Morgan fingerprint density at radius 2 is 2.20 bits per heavy atom. The van der Waals surface area contributed by atoms with Crippen molar-refractivity contribution < 1.29 is 8.42 Å². The van der Waals surface area contributed by atoms with Crippen LogP contribution in [0, 0.1) is 5.92 Å². The Kier molecular flexibility index (Phi) is 5.20. The van der Waals surface area contributed by atoms with Crippen LogP contribution >= 0.6 is 11.3 Å². The van der Waals surface area contributed by atoms with Gasteiger partial charge in [-0.15, -0.1) is 11.3 Å². The molecule has 0 saturated carbocycles.